The van der Waals surface area contributed by atoms with E-state index in [1.54, 1.807) is 6.92 Å². The summed E-state index contributed by atoms with van der Waals surface area (Å²) >= 11 is 0. The van der Waals surface area contributed by atoms with Gasteiger partial charge in [0, 0.05) is 6.04 Å². The first kappa shape index (κ1) is 11.4. The topological polar surface area (TPSA) is 55.1 Å². The minimum atomic E-state index is -0.760. The average molecular weight is 172 g/mol. The lowest BCUT2D eigenvalue weighted by Gasteiger charge is -2.28. The van der Waals surface area contributed by atoms with Crippen molar-refractivity contribution in [3.63, 3.8) is 0 Å². The Labute approximate surface area is 74.7 Å². The van der Waals surface area contributed by atoms with Gasteiger partial charge in [0.05, 0.1) is 5.54 Å². The summed E-state index contributed by atoms with van der Waals surface area (Å²) in [5, 5.41) is 2.80. The molecular formula is C9H20N2O. The Morgan fingerprint density at radius 1 is 1.33 bits per heavy atom. The standard InChI is InChI=1S/C9H20N2O/c1-6(2)9(5,10)8(12)11-7(3)4/h6-7H,10H2,1-5H3,(H,11,12)/t9-/m0/s1. The second-order valence-electron chi connectivity index (χ2n) is 4.07. The molecule has 0 aliphatic rings. The smallest absolute Gasteiger partial charge is 0.240 e. The summed E-state index contributed by atoms with van der Waals surface area (Å²) < 4.78 is 0. The van der Waals surface area contributed by atoms with Crippen LogP contribution in [0.1, 0.15) is 34.6 Å². The number of hydrogen-bond donors (Lipinski definition) is 2. The van der Waals surface area contributed by atoms with E-state index in [1.807, 2.05) is 27.7 Å². The highest BCUT2D eigenvalue weighted by Crippen LogP contribution is 2.12. The quantitative estimate of drug-likeness (QED) is 0.664. The molecule has 0 aromatic heterocycles. The zero-order valence-electron chi connectivity index (χ0n) is 8.64. The van der Waals surface area contributed by atoms with Crippen molar-refractivity contribution in [2.24, 2.45) is 11.7 Å². The summed E-state index contributed by atoms with van der Waals surface area (Å²) in [5.74, 6) is 0.0729. The lowest BCUT2D eigenvalue weighted by atomic mass is 9.88. The van der Waals surface area contributed by atoms with E-state index in [9.17, 15) is 4.79 Å². The van der Waals surface area contributed by atoms with Crippen molar-refractivity contribution in [1.82, 2.24) is 5.32 Å². The van der Waals surface area contributed by atoms with Gasteiger partial charge in [0.15, 0.2) is 0 Å². The van der Waals surface area contributed by atoms with E-state index in [4.69, 9.17) is 5.73 Å². The third-order valence-corrected chi connectivity index (χ3v) is 2.11. The van der Waals surface area contributed by atoms with Crippen LogP contribution in [0.15, 0.2) is 0 Å². The molecule has 0 bridgehead atoms. The molecule has 0 saturated heterocycles. The molecule has 12 heavy (non-hydrogen) atoms. The maximum Gasteiger partial charge on any atom is 0.240 e. The van der Waals surface area contributed by atoms with Gasteiger partial charge in [0.1, 0.15) is 0 Å². The molecule has 0 radical (unpaired) electrons. The maximum absolute atomic E-state index is 11.5. The van der Waals surface area contributed by atoms with E-state index >= 15 is 0 Å². The van der Waals surface area contributed by atoms with Crippen LogP contribution >= 0.6 is 0 Å². The van der Waals surface area contributed by atoms with Gasteiger partial charge in [-0.15, -0.1) is 0 Å². The minimum Gasteiger partial charge on any atom is -0.352 e. The van der Waals surface area contributed by atoms with Crippen LogP contribution in [0.2, 0.25) is 0 Å². The molecule has 1 atom stereocenters. The van der Waals surface area contributed by atoms with Crippen molar-refractivity contribution < 1.29 is 4.79 Å². The first-order valence-electron chi connectivity index (χ1n) is 4.38. The molecule has 0 rings (SSSR count). The van der Waals surface area contributed by atoms with Gasteiger partial charge in [-0.05, 0) is 26.7 Å². The summed E-state index contributed by atoms with van der Waals surface area (Å²) in [7, 11) is 0. The molecule has 0 spiro atoms. The van der Waals surface area contributed by atoms with Gasteiger partial charge in [-0.25, -0.2) is 0 Å². The van der Waals surface area contributed by atoms with Gasteiger partial charge < -0.3 is 11.1 Å². The third-order valence-electron chi connectivity index (χ3n) is 2.11. The van der Waals surface area contributed by atoms with Gasteiger partial charge in [-0.1, -0.05) is 13.8 Å². The highest BCUT2D eigenvalue weighted by Gasteiger charge is 2.31. The van der Waals surface area contributed by atoms with Crippen LogP contribution in [0, 0.1) is 5.92 Å². The van der Waals surface area contributed by atoms with Crippen LogP contribution in [-0.2, 0) is 4.79 Å². The first-order chi connectivity index (χ1) is 5.28. The number of carbonyl (C=O) groups is 1. The van der Waals surface area contributed by atoms with Gasteiger partial charge in [0.25, 0.3) is 0 Å². The molecule has 0 fully saturated rings. The van der Waals surface area contributed by atoms with Gasteiger partial charge >= 0.3 is 0 Å². The number of amides is 1. The molecule has 3 nitrogen and oxygen atoms in total. The van der Waals surface area contributed by atoms with Crippen LogP contribution in [0.25, 0.3) is 0 Å². The Balaban J connectivity index is 4.26. The molecule has 3 N–H and O–H groups in total. The fourth-order valence-electron chi connectivity index (χ4n) is 0.680. The van der Waals surface area contributed by atoms with E-state index in [2.05, 4.69) is 5.32 Å². The zero-order chi connectivity index (χ0) is 9.94. The van der Waals surface area contributed by atoms with Gasteiger partial charge in [0.2, 0.25) is 5.91 Å². The predicted octanol–water partition coefficient (Wildman–Crippen LogP) is 0.884. The molecule has 0 heterocycles. The molecule has 1 amide bonds. The van der Waals surface area contributed by atoms with E-state index in [0.29, 0.717) is 0 Å². The highest BCUT2D eigenvalue weighted by atomic mass is 16.2. The molecule has 0 unspecified atom stereocenters. The van der Waals surface area contributed by atoms with E-state index in [1.165, 1.54) is 0 Å². The molecule has 3 heteroatoms. The molecule has 0 aliphatic heterocycles. The fraction of sp³-hybridized carbons (Fsp3) is 0.889. The lowest BCUT2D eigenvalue weighted by Crippen LogP contribution is -2.56. The van der Waals surface area contributed by atoms with Crippen LogP contribution in [0.4, 0.5) is 0 Å². The number of hydrogen-bond acceptors (Lipinski definition) is 2. The van der Waals surface area contributed by atoms with E-state index < -0.39 is 5.54 Å². The lowest BCUT2D eigenvalue weighted by molar-refractivity contribution is -0.127. The maximum atomic E-state index is 11.5. The normalized spacial score (nSPS) is 16.3. The molecule has 0 aromatic carbocycles. The number of nitrogens with two attached hydrogens (primary N) is 1. The van der Waals surface area contributed by atoms with Crippen LogP contribution in [0.5, 0.6) is 0 Å². The van der Waals surface area contributed by atoms with Crippen molar-refractivity contribution in [1.29, 1.82) is 0 Å². The summed E-state index contributed by atoms with van der Waals surface area (Å²) in [6.07, 6.45) is 0. The highest BCUT2D eigenvalue weighted by molar-refractivity contribution is 5.86. The van der Waals surface area contributed by atoms with Crippen molar-refractivity contribution in [2.45, 2.75) is 46.2 Å². The summed E-state index contributed by atoms with van der Waals surface area (Å²) in [6, 6.07) is 0.152. The number of nitrogens with one attached hydrogen (secondary N) is 1. The molecule has 72 valence electrons. The number of carbonyl (C=O) groups excluding carboxylic acids is 1. The predicted molar refractivity (Wildman–Crippen MR) is 50.7 cm³/mol. The molecular weight excluding hydrogens is 152 g/mol. The first-order valence-corrected chi connectivity index (χ1v) is 4.38. The van der Waals surface area contributed by atoms with Gasteiger partial charge in [-0.3, -0.25) is 4.79 Å². The second-order valence-corrected chi connectivity index (χ2v) is 4.07. The molecule has 0 aliphatic carbocycles. The largest absolute Gasteiger partial charge is 0.352 e. The summed E-state index contributed by atoms with van der Waals surface area (Å²) in [6.45, 7) is 9.50. The Hall–Kier alpha value is -0.570. The van der Waals surface area contributed by atoms with Crippen molar-refractivity contribution in [2.75, 3.05) is 0 Å². The Bertz CT molecular complexity index is 162. The Morgan fingerprint density at radius 2 is 1.75 bits per heavy atom. The monoisotopic (exact) mass is 172 g/mol. The van der Waals surface area contributed by atoms with Crippen molar-refractivity contribution in [3.05, 3.63) is 0 Å². The summed E-state index contributed by atoms with van der Waals surface area (Å²) in [5.41, 5.74) is 5.08. The fourth-order valence-corrected chi connectivity index (χ4v) is 0.680. The van der Waals surface area contributed by atoms with E-state index in [0.717, 1.165) is 0 Å². The van der Waals surface area contributed by atoms with Gasteiger partial charge in [-0.2, -0.15) is 0 Å². The SMILES string of the molecule is CC(C)NC(=O)[C@@](C)(N)C(C)C. The van der Waals surface area contributed by atoms with E-state index in [-0.39, 0.29) is 17.9 Å². The van der Waals surface area contributed by atoms with Crippen LogP contribution in [0.3, 0.4) is 0 Å². The summed E-state index contributed by atoms with van der Waals surface area (Å²) in [4.78, 5) is 11.5. The third kappa shape index (κ3) is 2.81. The average Bonchev–Trinajstić information content (AvgIpc) is 1.85. The van der Waals surface area contributed by atoms with Crippen molar-refractivity contribution in [3.8, 4) is 0 Å². The molecule has 0 saturated carbocycles. The second kappa shape index (κ2) is 3.90. The Morgan fingerprint density at radius 3 is 2.00 bits per heavy atom. The molecule has 0 aromatic rings. The van der Waals surface area contributed by atoms with Crippen LogP contribution < -0.4 is 11.1 Å². The number of rotatable bonds is 3. The Kier molecular flexibility index (Phi) is 3.71. The van der Waals surface area contributed by atoms with Crippen molar-refractivity contribution >= 4 is 5.91 Å². The van der Waals surface area contributed by atoms with Crippen LogP contribution in [-0.4, -0.2) is 17.5 Å². The zero-order valence-corrected chi connectivity index (χ0v) is 8.64. The minimum absolute atomic E-state index is 0.0764.